The summed E-state index contributed by atoms with van der Waals surface area (Å²) in [7, 11) is 1.63. The Morgan fingerprint density at radius 2 is 2.12 bits per heavy atom. The van der Waals surface area contributed by atoms with Gasteiger partial charge in [0.1, 0.15) is 0 Å². The predicted molar refractivity (Wildman–Crippen MR) is 92.2 cm³/mol. The molecule has 1 N–H and O–H groups in total. The third kappa shape index (κ3) is 3.22. The number of likely N-dealkylation sites (tertiary alicyclic amines) is 1. The van der Waals surface area contributed by atoms with E-state index in [0.717, 1.165) is 30.6 Å². The van der Waals surface area contributed by atoms with E-state index < -0.39 is 11.4 Å². The molecule has 2 fully saturated rings. The molecule has 0 spiro atoms. The van der Waals surface area contributed by atoms with Crippen molar-refractivity contribution >= 4 is 23.2 Å². The molecular formula is C18H25NO4S. The molecule has 1 aliphatic carbocycles. The van der Waals surface area contributed by atoms with Gasteiger partial charge >= 0.3 is 5.97 Å². The number of ether oxygens (including phenoxy) is 1. The molecular weight excluding hydrogens is 326 g/mol. The van der Waals surface area contributed by atoms with E-state index in [1.54, 1.807) is 23.3 Å². The highest BCUT2D eigenvalue weighted by Crippen LogP contribution is 2.44. The first-order valence-corrected chi connectivity index (χ1v) is 9.54. The van der Waals surface area contributed by atoms with Crippen LogP contribution in [0.3, 0.4) is 0 Å². The number of methoxy groups -OCH3 is 1. The summed E-state index contributed by atoms with van der Waals surface area (Å²) in [5, 5.41) is 11.2. The smallest absolute Gasteiger partial charge is 0.305 e. The number of carboxylic acids is 1. The first-order chi connectivity index (χ1) is 11.6. The van der Waals surface area contributed by atoms with Gasteiger partial charge in [-0.2, -0.15) is 0 Å². The number of rotatable bonds is 5. The lowest BCUT2D eigenvalue weighted by molar-refractivity contribution is -0.143. The van der Waals surface area contributed by atoms with E-state index in [2.05, 4.69) is 6.07 Å². The molecule has 2 unspecified atom stereocenters. The van der Waals surface area contributed by atoms with Crippen molar-refractivity contribution in [2.75, 3.05) is 13.7 Å². The standard InChI is InChI=1S/C18H25NO4S/c1-23-14-10-13(11-16(20)21)19(12-14)17(22)18(7-3-2-4-8-18)15-6-5-9-24-15/h5-6,9,13-14H,2-4,7-8,10-12H2,1H3,(H,20,21). The van der Waals surface area contributed by atoms with Crippen LogP contribution in [0, 0.1) is 0 Å². The number of hydrogen-bond donors (Lipinski definition) is 1. The number of amides is 1. The van der Waals surface area contributed by atoms with Crippen molar-refractivity contribution in [1.29, 1.82) is 0 Å². The average Bonchev–Trinajstić information content (AvgIpc) is 3.24. The maximum absolute atomic E-state index is 13.6. The third-order valence-corrected chi connectivity index (χ3v) is 6.56. The Morgan fingerprint density at radius 1 is 1.38 bits per heavy atom. The van der Waals surface area contributed by atoms with Gasteiger partial charge in [0.2, 0.25) is 5.91 Å². The van der Waals surface area contributed by atoms with Crippen LogP contribution in [0.25, 0.3) is 0 Å². The summed E-state index contributed by atoms with van der Waals surface area (Å²) in [5.74, 6) is -0.751. The predicted octanol–water partition coefficient (Wildman–Crippen LogP) is 3.04. The van der Waals surface area contributed by atoms with Crippen molar-refractivity contribution in [1.82, 2.24) is 4.90 Å². The van der Waals surface area contributed by atoms with Crippen LogP contribution in [0.15, 0.2) is 17.5 Å². The quantitative estimate of drug-likeness (QED) is 0.885. The zero-order valence-corrected chi connectivity index (χ0v) is 14.9. The molecule has 6 heteroatoms. The second kappa shape index (κ2) is 7.23. The lowest BCUT2D eigenvalue weighted by atomic mass is 9.71. The lowest BCUT2D eigenvalue weighted by Crippen LogP contribution is -2.50. The van der Waals surface area contributed by atoms with Crippen molar-refractivity contribution in [2.45, 2.75) is 62.5 Å². The van der Waals surface area contributed by atoms with Gasteiger partial charge in [-0.3, -0.25) is 9.59 Å². The highest BCUT2D eigenvalue weighted by Gasteiger charge is 2.48. The van der Waals surface area contributed by atoms with Gasteiger partial charge in [0.25, 0.3) is 0 Å². The highest BCUT2D eigenvalue weighted by atomic mass is 32.1. The second-order valence-corrected chi connectivity index (χ2v) is 7.87. The van der Waals surface area contributed by atoms with Crippen LogP contribution < -0.4 is 0 Å². The van der Waals surface area contributed by atoms with E-state index in [9.17, 15) is 14.7 Å². The molecule has 0 radical (unpaired) electrons. The molecule has 5 nitrogen and oxygen atoms in total. The van der Waals surface area contributed by atoms with Crippen LogP contribution >= 0.6 is 11.3 Å². The number of carboxylic acid groups (broad SMARTS) is 1. The van der Waals surface area contributed by atoms with Crippen LogP contribution in [-0.2, 0) is 19.7 Å². The Balaban J connectivity index is 1.89. The van der Waals surface area contributed by atoms with Crippen molar-refractivity contribution < 1.29 is 19.4 Å². The molecule has 132 valence electrons. The fourth-order valence-corrected chi connectivity index (χ4v) is 5.21. The van der Waals surface area contributed by atoms with E-state index in [1.807, 2.05) is 11.4 Å². The van der Waals surface area contributed by atoms with E-state index in [-0.39, 0.29) is 24.5 Å². The van der Waals surface area contributed by atoms with E-state index in [0.29, 0.717) is 13.0 Å². The molecule has 1 saturated carbocycles. The number of thiophene rings is 1. The Hall–Kier alpha value is -1.40. The van der Waals surface area contributed by atoms with Crippen LogP contribution in [0.2, 0.25) is 0 Å². The van der Waals surface area contributed by atoms with Gasteiger partial charge in [-0.15, -0.1) is 11.3 Å². The number of carbonyl (C=O) groups is 2. The minimum absolute atomic E-state index is 0.00782. The molecule has 2 aliphatic rings. The van der Waals surface area contributed by atoms with E-state index in [4.69, 9.17) is 4.74 Å². The largest absolute Gasteiger partial charge is 0.481 e. The van der Waals surface area contributed by atoms with Gasteiger partial charge < -0.3 is 14.7 Å². The molecule has 1 amide bonds. The summed E-state index contributed by atoms with van der Waals surface area (Å²) in [6.07, 6.45) is 5.52. The minimum atomic E-state index is -0.858. The van der Waals surface area contributed by atoms with Gasteiger partial charge in [-0.1, -0.05) is 25.3 Å². The van der Waals surface area contributed by atoms with Crippen LogP contribution in [0.4, 0.5) is 0 Å². The normalized spacial score (nSPS) is 26.5. The fourth-order valence-electron chi connectivity index (χ4n) is 4.24. The summed E-state index contributed by atoms with van der Waals surface area (Å²) in [6.45, 7) is 0.500. The molecule has 24 heavy (non-hydrogen) atoms. The first-order valence-electron chi connectivity index (χ1n) is 8.66. The zero-order chi connectivity index (χ0) is 17.2. The fraction of sp³-hybridized carbons (Fsp3) is 0.667. The van der Waals surface area contributed by atoms with Crippen LogP contribution in [0.1, 0.15) is 49.8 Å². The van der Waals surface area contributed by atoms with Crippen molar-refractivity contribution in [2.24, 2.45) is 0 Å². The average molecular weight is 351 g/mol. The molecule has 1 aromatic heterocycles. The number of carbonyl (C=O) groups excluding carboxylic acids is 1. The number of nitrogens with zero attached hydrogens (tertiary/aromatic N) is 1. The van der Waals surface area contributed by atoms with Gasteiger partial charge in [0, 0.05) is 24.6 Å². The number of hydrogen-bond acceptors (Lipinski definition) is 4. The topological polar surface area (TPSA) is 66.8 Å². The Bertz CT molecular complexity index is 580. The van der Waals surface area contributed by atoms with E-state index >= 15 is 0 Å². The van der Waals surface area contributed by atoms with Gasteiger partial charge in [0.15, 0.2) is 0 Å². The molecule has 1 saturated heterocycles. The third-order valence-electron chi connectivity index (χ3n) is 5.49. The summed E-state index contributed by atoms with van der Waals surface area (Å²) < 4.78 is 5.43. The molecule has 2 atom stereocenters. The summed E-state index contributed by atoms with van der Waals surface area (Å²) >= 11 is 1.64. The maximum Gasteiger partial charge on any atom is 0.305 e. The van der Waals surface area contributed by atoms with Crippen LogP contribution in [0.5, 0.6) is 0 Å². The summed E-state index contributed by atoms with van der Waals surface area (Å²) in [5.41, 5.74) is -0.466. The Labute approximate surface area is 146 Å². The Kier molecular flexibility index (Phi) is 5.25. The first kappa shape index (κ1) is 17.4. The monoisotopic (exact) mass is 351 g/mol. The molecule has 1 aliphatic heterocycles. The minimum Gasteiger partial charge on any atom is -0.481 e. The van der Waals surface area contributed by atoms with Crippen molar-refractivity contribution in [3.8, 4) is 0 Å². The van der Waals surface area contributed by atoms with Crippen molar-refractivity contribution in [3.63, 3.8) is 0 Å². The van der Waals surface area contributed by atoms with Gasteiger partial charge in [-0.05, 0) is 30.7 Å². The second-order valence-electron chi connectivity index (χ2n) is 6.92. The molecule has 2 heterocycles. The summed E-state index contributed by atoms with van der Waals surface area (Å²) in [6, 6.07) is 3.79. The molecule has 0 aromatic carbocycles. The van der Waals surface area contributed by atoms with Crippen LogP contribution in [-0.4, -0.2) is 47.7 Å². The van der Waals surface area contributed by atoms with Crippen molar-refractivity contribution in [3.05, 3.63) is 22.4 Å². The molecule has 3 rings (SSSR count). The number of aliphatic carboxylic acids is 1. The highest BCUT2D eigenvalue weighted by molar-refractivity contribution is 7.10. The molecule has 0 bridgehead atoms. The van der Waals surface area contributed by atoms with Gasteiger partial charge in [0.05, 0.1) is 17.9 Å². The zero-order valence-electron chi connectivity index (χ0n) is 14.1. The lowest BCUT2D eigenvalue weighted by Gasteiger charge is -2.39. The summed E-state index contributed by atoms with van der Waals surface area (Å²) in [4.78, 5) is 27.7. The molecule has 1 aromatic rings. The maximum atomic E-state index is 13.6. The van der Waals surface area contributed by atoms with E-state index in [1.165, 1.54) is 6.42 Å². The van der Waals surface area contributed by atoms with Gasteiger partial charge in [-0.25, -0.2) is 0 Å². The Morgan fingerprint density at radius 3 is 2.71 bits per heavy atom. The SMILES string of the molecule is COC1CC(CC(=O)O)N(C(=O)C2(c3cccs3)CCCCC2)C1.